The van der Waals surface area contributed by atoms with E-state index in [4.69, 9.17) is 4.74 Å². The van der Waals surface area contributed by atoms with Crippen LogP contribution in [0, 0.1) is 0 Å². The number of thioether (sulfide) groups is 1. The molecule has 1 heterocycles. The lowest BCUT2D eigenvalue weighted by molar-refractivity contribution is -0.120. The number of benzene rings is 1. The minimum absolute atomic E-state index is 0.0648. The second-order valence-electron chi connectivity index (χ2n) is 5.27. The predicted octanol–water partition coefficient (Wildman–Crippen LogP) is 3.05. The predicted molar refractivity (Wildman–Crippen MR) is 92.7 cm³/mol. The number of nitrogens with one attached hydrogen (secondary N) is 2. The topological polar surface area (TPSA) is 76.1 Å². The Kier molecular flexibility index (Phi) is 5.02. The van der Waals surface area contributed by atoms with Crippen LogP contribution in [-0.4, -0.2) is 34.5 Å². The van der Waals surface area contributed by atoms with E-state index in [0.717, 1.165) is 28.6 Å². The Morgan fingerprint density at radius 2 is 2.26 bits per heavy atom. The van der Waals surface area contributed by atoms with Crippen LogP contribution in [0.1, 0.15) is 19.8 Å². The number of methoxy groups -OCH3 is 1. The molecular formula is C15H18N4O2S2. The Hall–Kier alpha value is -1.80. The number of hydrogen-bond acceptors (Lipinski definition) is 7. The van der Waals surface area contributed by atoms with Crippen molar-refractivity contribution in [1.82, 2.24) is 15.5 Å². The van der Waals surface area contributed by atoms with Crippen molar-refractivity contribution in [2.75, 3.05) is 12.4 Å². The first kappa shape index (κ1) is 16.1. The Labute approximate surface area is 143 Å². The van der Waals surface area contributed by atoms with Crippen molar-refractivity contribution in [3.63, 3.8) is 0 Å². The molecule has 122 valence electrons. The lowest BCUT2D eigenvalue weighted by Crippen LogP contribution is -2.32. The molecule has 0 radical (unpaired) electrons. The van der Waals surface area contributed by atoms with E-state index in [1.807, 2.05) is 31.2 Å². The lowest BCUT2D eigenvalue weighted by Gasteiger charge is -2.08. The van der Waals surface area contributed by atoms with Crippen LogP contribution in [0.3, 0.4) is 0 Å². The zero-order valence-electron chi connectivity index (χ0n) is 12.9. The Bertz CT molecular complexity index is 688. The largest absolute Gasteiger partial charge is 0.497 e. The van der Waals surface area contributed by atoms with E-state index in [1.54, 1.807) is 7.11 Å². The maximum Gasteiger partial charge on any atom is 0.233 e. The van der Waals surface area contributed by atoms with Crippen LogP contribution in [0.25, 0.3) is 0 Å². The summed E-state index contributed by atoms with van der Waals surface area (Å²) in [6, 6.07) is 7.99. The van der Waals surface area contributed by atoms with Gasteiger partial charge in [-0.05, 0) is 31.9 Å². The van der Waals surface area contributed by atoms with Crippen LogP contribution in [0.15, 0.2) is 28.6 Å². The zero-order valence-corrected chi connectivity index (χ0v) is 14.5. The highest BCUT2D eigenvalue weighted by Gasteiger charge is 2.26. The first-order chi connectivity index (χ1) is 11.1. The molecule has 1 amide bonds. The molecular weight excluding hydrogens is 332 g/mol. The molecule has 2 N–H and O–H groups in total. The highest BCUT2D eigenvalue weighted by atomic mass is 32.2. The monoisotopic (exact) mass is 350 g/mol. The van der Waals surface area contributed by atoms with Gasteiger partial charge in [0.1, 0.15) is 5.75 Å². The van der Waals surface area contributed by atoms with Crippen molar-refractivity contribution in [2.45, 2.75) is 35.4 Å². The summed E-state index contributed by atoms with van der Waals surface area (Å²) in [6.45, 7) is 1.89. The normalized spacial score (nSPS) is 15.0. The molecule has 3 rings (SSSR count). The number of carbonyl (C=O) groups excluding carboxylic acids is 1. The van der Waals surface area contributed by atoms with Crippen LogP contribution in [0.2, 0.25) is 0 Å². The number of amides is 1. The minimum atomic E-state index is -0.173. The number of rotatable bonds is 7. The molecule has 6 nitrogen and oxygen atoms in total. The molecule has 1 aromatic heterocycles. The summed E-state index contributed by atoms with van der Waals surface area (Å²) < 4.78 is 5.96. The Balaban J connectivity index is 1.57. The SMILES string of the molecule is COc1cccc(Nc2nnc(S[C@@H](C)C(=O)NC3CC3)s2)c1. The molecule has 1 aliphatic carbocycles. The van der Waals surface area contributed by atoms with Crippen LogP contribution in [-0.2, 0) is 4.79 Å². The van der Waals surface area contributed by atoms with Gasteiger partial charge in [-0.2, -0.15) is 0 Å². The Morgan fingerprint density at radius 3 is 3.00 bits per heavy atom. The third-order valence-electron chi connectivity index (χ3n) is 3.30. The van der Waals surface area contributed by atoms with E-state index in [1.165, 1.54) is 23.1 Å². The number of carbonyl (C=O) groups is 1. The quantitative estimate of drug-likeness (QED) is 0.748. The number of ether oxygens (including phenoxy) is 1. The van der Waals surface area contributed by atoms with Gasteiger partial charge in [0.05, 0.1) is 12.4 Å². The van der Waals surface area contributed by atoms with Crippen molar-refractivity contribution in [3.8, 4) is 5.75 Å². The van der Waals surface area contributed by atoms with E-state index < -0.39 is 0 Å². The second-order valence-corrected chi connectivity index (χ2v) is 7.84. The highest BCUT2D eigenvalue weighted by molar-refractivity contribution is 8.02. The average molecular weight is 350 g/mol. The summed E-state index contributed by atoms with van der Waals surface area (Å²) in [5, 5.41) is 15.0. The smallest absolute Gasteiger partial charge is 0.233 e. The van der Waals surface area contributed by atoms with E-state index in [0.29, 0.717) is 11.2 Å². The number of aromatic nitrogens is 2. The van der Waals surface area contributed by atoms with Crippen LogP contribution in [0.4, 0.5) is 10.8 Å². The van der Waals surface area contributed by atoms with Gasteiger partial charge in [-0.25, -0.2) is 0 Å². The molecule has 0 bridgehead atoms. The summed E-state index contributed by atoms with van der Waals surface area (Å²) >= 11 is 2.86. The van der Waals surface area contributed by atoms with Gasteiger partial charge in [0.25, 0.3) is 0 Å². The maximum absolute atomic E-state index is 12.0. The summed E-state index contributed by atoms with van der Waals surface area (Å²) in [4.78, 5) is 12.0. The van der Waals surface area contributed by atoms with Crippen molar-refractivity contribution < 1.29 is 9.53 Å². The van der Waals surface area contributed by atoms with Crippen LogP contribution >= 0.6 is 23.1 Å². The van der Waals surface area contributed by atoms with Crippen molar-refractivity contribution in [1.29, 1.82) is 0 Å². The van der Waals surface area contributed by atoms with Gasteiger partial charge in [0, 0.05) is 17.8 Å². The van der Waals surface area contributed by atoms with E-state index in [9.17, 15) is 4.79 Å². The standard InChI is InChI=1S/C15H18N4O2S2/c1-9(13(20)16-10-6-7-10)22-15-19-18-14(23-15)17-11-4-3-5-12(8-11)21-2/h3-5,8-10H,6-7H2,1-2H3,(H,16,20)(H,17,18)/t9-/m0/s1. The van der Waals surface area contributed by atoms with Gasteiger partial charge >= 0.3 is 0 Å². The van der Waals surface area contributed by atoms with Crippen molar-refractivity contribution in [2.24, 2.45) is 0 Å². The third kappa shape index (κ3) is 4.59. The molecule has 0 saturated heterocycles. The molecule has 0 aliphatic heterocycles. The first-order valence-electron chi connectivity index (χ1n) is 7.35. The number of anilines is 2. The molecule has 1 aromatic carbocycles. The summed E-state index contributed by atoms with van der Waals surface area (Å²) in [7, 11) is 1.63. The fourth-order valence-electron chi connectivity index (χ4n) is 1.88. The second kappa shape index (κ2) is 7.18. The fraction of sp³-hybridized carbons (Fsp3) is 0.400. The first-order valence-corrected chi connectivity index (χ1v) is 9.05. The Morgan fingerprint density at radius 1 is 1.43 bits per heavy atom. The van der Waals surface area contributed by atoms with E-state index >= 15 is 0 Å². The molecule has 1 saturated carbocycles. The van der Waals surface area contributed by atoms with Crippen molar-refractivity contribution in [3.05, 3.63) is 24.3 Å². The molecule has 23 heavy (non-hydrogen) atoms. The molecule has 8 heteroatoms. The van der Waals surface area contributed by atoms with E-state index in [-0.39, 0.29) is 11.2 Å². The number of hydrogen-bond donors (Lipinski definition) is 2. The molecule has 0 unspecified atom stereocenters. The lowest BCUT2D eigenvalue weighted by atomic mass is 10.3. The maximum atomic E-state index is 12.0. The fourth-order valence-corrected chi connectivity index (χ4v) is 3.81. The zero-order chi connectivity index (χ0) is 16.2. The number of nitrogens with zero attached hydrogens (tertiary/aromatic N) is 2. The van der Waals surface area contributed by atoms with E-state index in [2.05, 4.69) is 20.8 Å². The molecule has 0 spiro atoms. The van der Waals surface area contributed by atoms with Gasteiger partial charge in [0.2, 0.25) is 11.0 Å². The van der Waals surface area contributed by atoms with Gasteiger partial charge in [-0.15, -0.1) is 10.2 Å². The molecule has 1 aliphatic rings. The molecule has 2 aromatic rings. The van der Waals surface area contributed by atoms with Gasteiger partial charge in [-0.3, -0.25) is 4.79 Å². The third-order valence-corrected chi connectivity index (χ3v) is 5.32. The summed E-state index contributed by atoms with van der Waals surface area (Å²) in [5.74, 6) is 0.842. The summed E-state index contributed by atoms with van der Waals surface area (Å²) in [6.07, 6.45) is 2.19. The van der Waals surface area contributed by atoms with Crippen molar-refractivity contribution >= 4 is 39.8 Å². The summed E-state index contributed by atoms with van der Waals surface area (Å²) in [5.41, 5.74) is 0.886. The minimum Gasteiger partial charge on any atom is -0.497 e. The van der Waals surface area contributed by atoms with Gasteiger partial charge in [-0.1, -0.05) is 29.2 Å². The molecule has 1 atom stereocenters. The van der Waals surface area contributed by atoms with Crippen LogP contribution in [0.5, 0.6) is 5.75 Å². The highest BCUT2D eigenvalue weighted by Crippen LogP contribution is 2.31. The van der Waals surface area contributed by atoms with Crippen LogP contribution < -0.4 is 15.4 Å². The van der Waals surface area contributed by atoms with Gasteiger partial charge < -0.3 is 15.4 Å². The molecule has 1 fully saturated rings. The average Bonchev–Trinajstić information content (AvgIpc) is 3.26. The van der Waals surface area contributed by atoms with Gasteiger partial charge in [0.15, 0.2) is 4.34 Å².